The van der Waals surface area contributed by atoms with Crippen molar-refractivity contribution in [3.63, 3.8) is 0 Å². The Morgan fingerprint density at radius 3 is 1.38 bits per heavy atom. The number of halogens is 14. The third-order valence-corrected chi connectivity index (χ3v) is 5.46. The fourth-order valence-corrected chi connectivity index (χ4v) is 2.81. The van der Waals surface area contributed by atoms with Crippen LogP contribution in [0.5, 0.6) is 0 Å². The summed E-state index contributed by atoms with van der Waals surface area (Å²) in [5.41, 5.74) is 0. The van der Waals surface area contributed by atoms with E-state index in [0.717, 1.165) is 6.55 Å². The standard InChI is InChI=1S/C11H10Cl2F12Si/c1-3-6(14,15)8(18,19)10(22,23)11(24,25)9(20,21)7(16,17)4-5-26(2,12)13/h3H,1,4-5H2,2H3. The Labute approximate surface area is 149 Å². The minimum atomic E-state index is -7.58. The zero-order chi connectivity index (χ0) is 21.6. The number of hydrogen-bond acceptors (Lipinski definition) is 0. The van der Waals surface area contributed by atoms with E-state index in [0.29, 0.717) is 0 Å². The van der Waals surface area contributed by atoms with Gasteiger partial charge in [0.05, 0.1) is 0 Å². The highest BCUT2D eigenvalue weighted by Crippen LogP contribution is 2.60. The maximum absolute atomic E-state index is 13.4. The van der Waals surface area contributed by atoms with Crippen molar-refractivity contribution in [3.05, 3.63) is 12.7 Å². The molecule has 0 unspecified atom stereocenters. The highest BCUT2D eigenvalue weighted by molar-refractivity contribution is 7.44. The summed E-state index contributed by atoms with van der Waals surface area (Å²) in [5.74, 6) is -41.6. The molecule has 156 valence electrons. The molecule has 0 heterocycles. The number of hydrogen-bond donors (Lipinski definition) is 0. The molecule has 0 aromatic carbocycles. The van der Waals surface area contributed by atoms with Crippen LogP contribution in [-0.4, -0.2) is 42.2 Å². The molecule has 0 aliphatic heterocycles. The first-order valence-electron chi connectivity index (χ1n) is 6.30. The van der Waals surface area contributed by atoms with Crippen LogP contribution in [0.15, 0.2) is 12.7 Å². The van der Waals surface area contributed by atoms with Gasteiger partial charge in [0.2, 0.25) is 6.69 Å². The van der Waals surface area contributed by atoms with Gasteiger partial charge in [0.1, 0.15) is 0 Å². The van der Waals surface area contributed by atoms with Crippen LogP contribution in [0.1, 0.15) is 6.42 Å². The van der Waals surface area contributed by atoms with E-state index < -0.39 is 60.8 Å². The Morgan fingerprint density at radius 1 is 0.731 bits per heavy atom. The topological polar surface area (TPSA) is 0 Å². The molecule has 0 aliphatic rings. The molecule has 0 aromatic heterocycles. The van der Waals surface area contributed by atoms with E-state index in [9.17, 15) is 52.7 Å². The first-order chi connectivity index (χ1) is 11.0. The number of allylic oxidation sites excluding steroid dienone is 1. The molecule has 0 aliphatic carbocycles. The van der Waals surface area contributed by atoms with Gasteiger partial charge in [-0.05, 0) is 18.7 Å². The Hall–Kier alpha value is -0.303. The maximum atomic E-state index is 13.4. The smallest absolute Gasteiger partial charge is 0.200 e. The first-order valence-corrected chi connectivity index (χ1v) is 11.0. The van der Waals surface area contributed by atoms with E-state index in [1.165, 1.54) is 0 Å². The zero-order valence-corrected chi connectivity index (χ0v) is 15.0. The zero-order valence-electron chi connectivity index (χ0n) is 12.5. The summed E-state index contributed by atoms with van der Waals surface area (Å²) in [5, 5.41) is 0. The summed E-state index contributed by atoms with van der Waals surface area (Å²) < 4.78 is 159. The predicted molar refractivity (Wildman–Crippen MR) is 72.6 cm³/mol. The molecule has 0 spiro atoms. The van der Waals surface area contributed by atoms with Crippen LogP contribution in [-0.2, 0) is 0 Å². The summed E-state index contributed by atoms with van der Waals surface area (Å²) in [7, 11) is 0. The van der Waals surface area contributed by atoms with Gasteiger partial charge in [-0.2, -0.15) is 52.7 Å². The van der Waals surface area contributed by atoms with Crippen molar-refractivity contribution in [3.8, 4) is 0 Å². The van der Waals surface area contributed by atoms with Crippen LogP contribution in [0.25, 0.3) is 0 Å². The van der Waals surface area contributed by atoms with Crippen molar-refractivity contribution in [1.29, 1.82) is 0 Å². The minimum absolute atomic E-state index is 0.899. The fourth-order valence-electron chi connectivity index (χ4n) is 1.49. The lowest BCUT2D eigenvalue weighted by atomic mass is 9.90. The Kier molecular flexibility index (Phi) is 6.86. The van der Waals surface area contributed by atoms with Gasteiger partial charge in [0.15, 0.2) is 0 Å². The van der Waals surface area contributed by atoms with Gasteiger partial charge < -0.3 is 0 Å². The number of alkyl halides is 12. The van der Waals surface area contributed by atoms with E-state index >= 15 is 0 Å². The largest absolute Gasteiger partial charge is 0.385 e. The van der Waals surface area contributed by atoms with Gasteiger partial charge in [-0.3, -0.25) is 0 Å². The van der Waals surface area contributed by atoms with Crippen LogP contribution in [0.2, 0.25) is 12.6 Å². The molecule has 0 aromatic rings. The second-order valence-corrected chi connectivity index (χ2v) is 13.6. The molecule has 0 saturated carbocycles. The molecule has 26 heavy (non-hydrogen) atoms. The van der Waals surface area contributed by atoms with Crippen molar-refractivity contribution < 1.29 is 52.7 Å². The van der Waals surface area contributed by atoms with Crippen molar-refractivity contribution in [2.75, 3.05) is 0 Å². The Bertz CT molecular complexity index is 526. The predicted octanol–water partition coefficient (Wildman–Crippen LogP) is 6.92. The van der Waals surface area contributed by atoms with Crippen LogP contribution < -0.4 is 0 Å². The molecule has 0 radical (unpaired) electrons. The van der Waals surface area contributed by atoms with Gasteiger partial charge >= 0.3 is 35.5 Å². The molecule has 0 nitrogen and oxygen atoms in total. The fraction of sp³-hybridized carbons (Fsp3) is 0.818. The van der Waals surface area contributed by atoms with Crippen LogP contribution in [0.3, 0.4) is 0 Å². The van der Waals surface area contributed by atoms with Gasteiger partial charge in [0.25, 0.3) is 0 Å². The van der Waals surface area contributed by atoms with E-state index in [-0.39, 0.29) is 0 Å². The van der Waals surface area contributed by atoms with E-state index in [2.05, 4.69) is 0 Å². The molecule has 0 fully saturated rings. The highest BCUT2D eigenvalue weighted by Gasteiger charge is 2.89. The Balaban J connectivity index is 6.14. The molecular formula is C11H10Cl2F12Si. The van der Waals surface area contributed by atoms with Crippen molar-refractivity contribution in [1.82, 2.24) is 0 Å². The van der Waals surface area contributed by atoms with Crippen LogP contribution >= 0.6 is 22.2 Å². The lowest BCUT2D eigenvalue weighted by Crippen LogP contribution is -2.70. The van der Waals surface area contributed by atoms with Gasteiger partial charge in [-0.25, -0.2) is 0 Å². The maximum Gasteiger partial charge on any atom is 0.385 e. The minimum Gasteiger partial charge on any atom is -0.200 e. The van der Waals surface area contributed by atoms with Gasteiger partial charge in [-0.15, -0.1) is 22.2 Å². The normalized spacial score (nSPS) is 16.0. The summed E-state index contributed by atoms with van der Waals surface area (Å²) in [4.78, 5) is 0. The quantitative estimate of drug-likeness (QED) is 0.149. The molecule has 0 amide bonds. The molecule has 0 N–H and O–H groups in total. The molecule has 15 heteroatoms. The monoisotopic (exact) mass is 468 g/mol. The lowest BCUT2D eigenvalue weighted by Gasteiger charge is -2.41. The van der Waals surface area contributed by atoms with Gasteiger partial charge in [-0.1, -0.05) is 6.58 Å². The lowest BCUT2D eigenvalue weighted by molar-refractivity contribution is -0.420. The second-order valence-electron chi connectivity index (χ2n) is 5.40. The summed E-state index contributed by atoms with van der Waals surface area (Å²) in [6, 6.07) is -1.21. The van der Waals surface area contributed by atoms with E-state index in [1.54, 1.807) is 0 Å². The number of rotatable bonds is 9. The molecule has 0 saturated heterocycles. The van der Waals surface area contributed by atoms with Crippen LogP contribution in [0, 0.1) is 0 Å². The summed E-state index contributed by atoms with van der Waals surface area (Å²) in [6.45, 7) is -0.714. The van der Waals surface area contributed by atoms with Crippen molar-refractivity contribution in [2.24, 2.45) is 0 Å². The van der Waals surface area contributed by atoms with Crippen molar-refractivity contribution >= 4 is 28.9 Å². The molecule has 0 rings (SSSR count). The first kappa shape index (κ1) is 25.7. The average Bonchev–Trinajstić information content (AvgIpc) is 2.43. The van der Waals surface area contributed by atoms with Crippen molar-refractivity contribution in [2.45, 2.75) is 54.5 Å². The second kappa shape index (κ2) is 6.94. The molecule has 0 bridgehead atoms. The summed E-state index contributed by atoms with van der Waals surface area (Å²) >= 11 is 10.6. The van der Waals surface area contributed by atoms with Crippen LogP contribution in [0.4, 0.5) is 52.7 Å². The third-order valence-electron chi connectivity index (χ3n) is 3.20. The summed E-state index contributed by atoms with van der Waals surface area (Å²) in [6.07, 6.45) is -3.48. The van der Waals surface area contributed by atoms with Gasteiger partial charge in [0, 0.05) is 6.42 Å². The van der Waals surface area contributed by atoms with E-state index in [1.807, 2.05) is 6.58 Å². The van der Waals surface area contributed by atoms with E-state index in [4.69, 9.17) is 22.2 Å². The Morgan fingerprint density at radius 2 is 1.08 bits per heavy atom. The molecule has 0 atom stereocenters. The SMILES string of the molecule is C=CC(F)(F)C(F)(F)C(F)(F)C(F)(F)C(F)(F)C(F)(F)CC[Si](C)(Cl)Cl. The average molecular weight is 469 g/mol. The highest BCUT2D eigenvalue weighted by atomic mass is 35.7. The third kappa shape index (κ3) is 4.08. The molecular weight excluding hydrogens is 459 g/mol.